The van der Waals surface area contributed by atoms with Gasteiger partial charge in [0.2, 0.25) is 5.91 Å². The molecule has 0 aromatic heterocycles. The number of amides is 1. The Balaban J connectivity index is 2.01. The molecule has 1 aromatic rings. The molecule has 108 valence electrons. The molecule has 1 heterocycles. The number of carboxylic acids is 1. The number of carboxylic acid groups (broad SMARTS) is 1. The van der Waals surface area contributed by atoms with Crippen LogP contribution in [0.5, 0.6) is 0 Å². The quantitative estimate of drug-likeness (QED) is 0.769. The zero-order valence-electron chi connectivity index (χ0n) is 10.9. The lowest BCUT2D eigenvalue weighted by molar-refractivity contribution is -0.117. The summed E-state index contributed by atoms with van der Waals surface area (Å²) in [4.78, 5) is 25.1. The van der Waals surface area contributed by atoms with Crippen molar-refractivity contribution >= 4 is 29.2 Å². The maximum absolute atomic E-state index is 11.9. The van der Waals surface area contributed by atoms with E-state index in [0.29, 0.717) is 5.02 Å². The Morgan fingerprint density at radius 2 is 2.05 bits per heavy atom. The molecule has 1 amide bonds. The van der Waals surface area contributed by atoms with Gasteiger partial charge in [-0.15, -0.1) is 0 Å². The molecule has 0 spiro atoms. The van der Waals surface area contributed by atoms with Crippen molar-refractivity contribution in [1.29, 1.82) is 0 Å². The molecule has 2 rings (SSSR count). The van der Waals surface area contributed by atoms with E-state index in [4.69, 9.17) is 16.7 Å². The first-order valence-corrected chi connectivity index (χ1v) is 6.70. The van der Waals surface area contributed by atoms with Gasteiger partial charge >= 0.3 is 5.97 Å². The fourth-order valence-electron chi connectivity index (χ4n) is 2.06. The summed E-state index contributed by atoms with van der Waals surface area (Å²) in [5.74, 6) is -1.35. The Labute approximate surface area is 121 Å². The lowest BCUT2D eigenvalue weighted by Gasteiger charge is -2.26. The Hall–Kier alpha value is -1.63. The van der Waals surface area contributed by atoms with Crippen molar-refractivity contribution < 1.29 is 14.7 Å². The number of nitrogens with zero attached hydrogens (tertiary/aromatic N) is 1. The molecule has 0 atom stereocenters. The molecule has 1 saturated heterocycles. The Morgan fingerprint density at radius 1 is 1.35 bits per heavy atom. The van der Waals surface area contributed by atoms with Crippen molar-refractivity contribution in [3.8, 4) is 0 Å². The number of hydrogen-bond donors (Lipinski definition) is 3. The fraction of sp³-hybridized carbons (Fsp3) is 0.385. The van der Waals surface area contributed by atoms with Crippen molar-refractivity contribution in [2.75, 3.05) is 38.0 Å². The van der Waals surface area contributed by atoms with Gasteiger partial charge in [0.15, 0.2) is 0 Å². The summed E-state index contributed by atoms with van der Waals surface area (Å²) in [7, 11) is 0. The zero-order chi connectivity index (χ0) is 14.5. The second kappa shape index (κ2) is 6.69. The predicted octanol–water partition coefficient (Wildman–Crippen LogP) is 0.882. The van der Waals surface area contributed by atoms with Crippen LogP contribution in [0.3, 0.4) is 0 Å². The molecule has 1 aliphatic rings. The summed E-state index contributed by atoms with van der Waals surface area (Å²) < 4.78 is 0. The van der Waals surface area contributed by atoms with Crippen molar-refractivity contribution in [2.45, 2.75) is 0 Å². The van der Waals surface area contributed by atoms with E-state index in [9.17, 15) is 9.59 Å². The lowest BCUT2D eigenvalue weighted by atomic mass is 10.2. The predicted molar refractivity (Wildman–Crippen MR) is 76.4 cm³/mol. The van der Waals surface area contributed by atoms with Gasteiger partial charge in [-0.3, -0.25) is 9.69 Å². The van der Waals surface area contributed by atoms with Gasteiger partial charge in [0.1, 0.15) is 0 Å². The number of rotatable bonds is 4. The van der Waals surface area contributed by atoms with E-state index >= 15 is 0 Å². The molecule has 0 unspecified atom stereocenters. The van der Waals surface area contributed by atoms with E-state index < -0.39 is 5.97 Å². The van der Waals surface area contributed by atoms with Crippen LogP contribution in [-0.4, -0.2) is 54.6 Å². The Kier molecular flexibility index (Phi) is 4.94. The van der Waals surface area contributed by atoms with E-state index in [0.717, 1.165) is 26.2 Å². The Morgan fingerprint density at radius 3 is 2.70 bits per heavy atom. The lowest BCUT2D eigenvalue weighted by Crippen LogP contribution is -2.46. The van der Waals surface area contributed by atoms with Crippen molar-refractivity contribution in [3.63, 3.8) is 0 Å². The standard InChI is InChI=1S/C13H16ClN3O3/c14-9-1-2-11(10(7-9)13(19)20)16-12(18)8-17-5-3-15-4-6-17/h1-2,7,15H,3-6,8H2,(H,16,18)(H,19,20). The maximum Gasteiger partial charge on any atom is 0.337 e. The number of piperazine rings is 1. The van der Waals surface area contributed by atoms with Crippen molar-refractivity contribution in [1.82, 2.24) is 10.2 Å². The van der Waals surface area contributed by atoms with Gasteiger partial charge in [-0.25, -0.2) is 4.79 Å². The molecule has 7 heteroatoms. The van der Waals surface area contributed by atoms with Gasteiger partial charge in [0, 0.05) is 31.2 Å². The normalized spacial score (nSPS) is 15.8. The third kappa shape index (κ3) is 3.93. The molecule has 20 heavy (non-hydrogen) atoms. The van der Waals surface area contributed by atoms with Gasteiger partial charge in [0.05, 0.1) is 17.8 Å². The molecular formula is C13H16ClN3O3. The third-order valence-electron chi connectivity index (χ3n) is 3.06. The van der Waals surface area contributed by atoms with E-state index in [1.165, 1.54) is 12.1 Å². The highest BCUT2D eigenvalue weighted by molar-refractivity contribution is 6.31. The highest BCUT2D eigenvalue weighted by Gasteiger charge is 2.16. The number of halogens is 1. The van der Waals surface area contributed by atoms with E-state index in [1.807, 2.05) is 4.90 Å². The fourth-order valence-corrected chi connectivity index (χ4v) is 2.24. The van der Waals surface area contributed by atoms with Crippen molar-refractivity contribution in [2.24, 2.45) is 0 Å². The highest BCUT2D eigenvalue weighted by atomic mass is 35.5. The summed E-state index contributed by atoms with van der Waals surface area (Å²) in [6, 6.07) is 4.38. The zero-order valence-corrected chi connectivity index (χ0v) is 11.6. The number of hydrogen-bond acceptors (Lipinski definition) is 4. The van der Waals surface area contributed by atoms with Crippen LogP contribution in [0.4, 0.5) is 5.69 Å². The molecule has 0 radical (unpaired) electrons. The maximum atomic E-state index is 11.9. The monoisotopic (exact) mass is 297 g/mol. The summed E-state index contributed by atoms with van der Waals surface area (Å²) >= 11 is 5.76. The number of aromatic carboxylic acids is 1. The second-order valence-corrected chi connectivity index (χ2v) is 5.01. The van der Waals surface area contributed by atoms with Gasteiger partial charge < -0.3 is 15.7 Å². The second-order valence-electron chi connectivity index (χ2n) is 4.57. The molecule has 1 fully saturated rings. The highest BCUT2D eigenvalue weighted by Crippen LogP contribution is 2.20. The van der Waals surface area contributed by atoms with Crippen LogP contribution in [0.1, 0.15) is 10.4 Å². The molecular weight excluding hydrogens is 282 g/mol. The molecule has 3 N–H and O–H groups in total. The molecule has 0 bridgehead atoms. The summed E-state index contributed by atoms with van der Waals surface area (Å²) in [5.41, 5.74) is 0.258. The van der Waals surface area contributed by atoms with Crippen LogP contribution >= 0.6 is 11.6 Å². The van der Waals surface area contributed by atoms with Gasteiger partial charge in [-0.1, -0.05) is 11.6 Å². The number of benzene rings is 1. The molecule has 0 saturated carbocycles. The van der Waals surface area contributed by atoms with Gasteiger partial charge in [-0.05, 0) is 18.2 Å². The summed E-state index contributed by atoms with van der Waals surface area (Å²) in [5, 5.41) is 15.2. The Bertz CT molecular complexity index is 516. The average Bonchev–Trinajstić information content (AvgIpc) is 2.41. The van der Waals surface area contributed by atoms with Gasteiger partial charge in [0.25, 0.3) is 0 Å². The molecule has 1 aromatic carbocycles. The first-order valence-electron chi connectivity index (χ1n) is 6.32. The van der Waals surface area contributed by atoms with Crippen molar-refractivity contribution in [3.05, 3.63) is 28.8 Å². The van der Waals surface area contributed by atoms with E-state index in [1.54, 1.807) is 6.07 Å². The molecule has 0 aliphatic carbocycles. The van der Waals surface area contributed by atoms with Crippen LogP contribution in [0.15, 0.2) is 18.2 Å². The topological polar surface area (TPSA) is 81.7 Å². The SMILES string of the molecule is O=C(CN1CCNCC1)Nc1ccc(Cl)cc1C(=O)O. The van der Waals surface area contributed by atoms with Gasteiger partial charge in [-0.2, -0.15) is 0 Å². The number of carbonyl (C=O) groups is 2. The van der Waals surface area contributed by atoms with Crippen LogP contribution in [-0.2, 0) is 4.79 Å². The largest absolute Gasteiger partial charge is 0.478 e. The third-order valence-corrected chi connectivity index (χ3v) is 3.30. The summed E-state index contributed by atoms with van der Waals surface area (Å²) in [6.07, 6.45) is 0. The first-order chi connectivity index (χ1) is 9.56. The molecule has 6 nitrogen and oxygen atoms in total. The summed E-state index contributed by atoms with van der Waals surface area (Å²) in [6.45, 7) is 3.58. The minimum Gasteiger partial charge on any atom is -0.478 e. The molecule has 1 aliphatic heterocycles. The number of nitrogens with one attached hydrogen (secondary N) is 2. The first kappa shape index (κ1) is 14.8. The minimum absolute atomic E-state index is 0.00818. The van der Waals surface area contributed by atoms with Crippen LogP contribution in [0, 0.1) is 0 Å². The number of carbonyl (C=O) groups excluding carboxylic acids is 1. The number of anilines is 1. The smallest absolute Gasteiger partial charge is 0.337 e. The van der Waals surface area contributed by atoms with Crippen LogP contribution < -0.4 is 10.6 Å². The average molecular weight is 298 g/mol. The van der Waals surface area contributed by atoms with E-state index in [2.05, 4.69) is 10.6 Å². The van der Waals surface area contributed by atoms with Crippen LogP contribution in [0.2, 0.25) is 5.02 Å². The van der Waals surface area contributed by atoms with E-state index in [-0.39, 0.29) is 23.7 Å². The van der Waals surface area contributed by atoms with Crippen LogP contribution in [0.25, 0.3) is 0 Å². The minimum atomic E-state index is -1.12.